The lowest BCUT2D eigenvalue weighted by Gasteiger charge is -2.20. The molecule has 3 nitrogen and oxygen atoms in total. The van der Waals surface area contributed by atoms with Crippen molar-refractivity contribution in [1.29, 1.82) is 0 Å². The maximum Gasteiger partial charge on any atom is 0.249 e. The Labute approximate surface area is 69.0 Å². The third-order valence-corrected chi connectivity index (χ3v) is 1.84. The van der Waals surface area contributed by atoms with Gasteiger partial charge in [-0.1, -0.05) is 0 Å². The molecule has 0 atom stereocenters. The molecule has 0 aromatic carbocycles. The van der Waals surface area contributed by atoms with Crippen LogP contribution in [-0.4, -0.2) is 16.6 Å². The van der Waals surface area contributed by atoms with Gasteiger partial charge in [0.1, 0.15) is 5.82 Å². The van der Waals surface area contributed by atoms with Gasteiger partial charge in [-0.2, -0.15) is 5.10 Å². The molecule has 0 aliphatic heterocycles. The van der Waals surface area contributed by atoms with Crippen LogP contribution in [0.25, 0.3) is 0 Å². The van der Waals surface area contributed by atoms with Crippen molar-refractivity contribution in [3.8, 4) is 0 Å². The summed E-state index contributed by atoms with van der Waals surface area (Å²) in [6.07, 6.45) is -2.43. The van der Waals surface area contributed by atoms with Gasteiger partial charge in [-0.15, -0.1) is 0 Å². The van der Waals surface area contributed by atoms with E-state index in [1.165, 1.54) is 19.9 Å². The number of nitrogens with zero attached hydrogens (tertiary/aromatic N) is 1. The van der Waals surface area contributed by atoms with Crippen LogP contribution in [0.1, 0.15) is 19.5 Å². The van der Waals surface area contributed by atoms with Crippen LogP contribution in [0.2, 0.25) is 0 Å². The highest BCUT2D eigenvalue weighted by Gasteiger charge is 2.33. The van der Waals surface area contributed by atoms with E-state index in [1.807, 2.05) is 0 Å². The Morgan fingerprint density at radius 2 is 2.17 bits per heavy atom. The van der Waals surface area contributed by atoms with Crippen LogP contribution in [0.15, 0.2) is 6.07 Å². The summed E-state index contributed by atoms with van der Waals surface area (Å²) in [4.78, 5) is 0. The maximum absolute atomic E-state index is 12.4. The highest BCUT2D eigenvalue weighted by atomic mass is 19.3. The topological polar surface area (TPSA) is 54.7 Å². The number of aromatic nitrogens is 2. The molecule has 1 rings (SSSR count). The minimum Gasteiger partial charge on any atom is -0.382 e. The molecule has 0 fully saturated rings. The zero-order chi connectivity index (χ0) is 9.35. The van der Waals surface area contributed by atoms with Gasteiger partial charge in [0.15, 0.2) is 0 Å². The van der Waals surface area contributed by atoms with Gasteiger partial charge in [0, 0.05) is 11.8 Å². The predicted molar refractivity (Wildman–Crippen MR) is 42.0 cm³/mol. The molecule has 5 heteroatoms. The molecule has 3 N–H and O–H groups in total. The van der Waals surface area contributed by atoms with Gasteiger partial charge in [-0.3, -0.25) is 5.10 Å². The average Bonchev–Trinajstić information content (AvgIpc) is 2.35. The number of nitrogens with two attached hydrogens (primary N) is 1. The molecule has 0 saturated heterocycles. The quantitative estimate of drug-likeness (QED) is 0.716. The molecule has 1 aromatic rings. The van der Waals surface area contributed by atoms with Crippen LogP contribution in [0, 0.1) is 0 Å². The summed E-state index contributed by atoms with van der Waals surface area (Å²) in [5.41, 5.74) is 4.43. The van der Waals surface area contributed by atoms with Crippen molar-refractivity contribution >= 4 is 5.82 Å². The van der Waals surface area contributed by atoms with E-state index in [2.05, 4.69) is 10.2 Å². The monoisotopic (exact) mass is 175 g/mol. The second-order valence-electron chi connectivity index (χ2n) is 3.23. The van der Waals surface area contributed by atoms with E-state index in [0.717, 1.165) is 0 Å². The zero-order valence-corrected chi connectivity index (χ0v) is 6.94. The summed E-state index contributed by atoms with van der Waals surface area (Å²) >= 11 is 0. The second kappa shape index (κ2) is 2.73. The number of alkyl halides is 2. The minimum absolute atomic E-state index is 0.235. The number of anilines is 1. The van der Waals surface area contributed by atoms with Crippen molar-refractivity contribution in [3.63, 3.8) is 0 Å². The molecule has 12 heavy (non-hydrogen) atoms. The van der Waals surface area contributed by atoms with Gasteiger partial charge in [0.25, 0.3) is 0 Å². The number of nitrogen functional groups attached to an aromatic ring is 1. The van der Waals surface area contributed by atoms with Crippen molar-refractivity contribution in [2.75, 3.05) is 5.73 Å². The van der Waals surface area contributed by atoms with Crippen LogP contribution in [0.4, 0.5) is 14.6 Å². The van der Waals surface area contributed by atoms with Gasteiger partial charge >= 0.3 is 0 Å². The van der Waals surface area contributed by atoms with Crippen molar-refractivity contribution in [1.82, 2.24) is 10.2 Å². The Bertz CT molecular complexity index is 267. The Balaban J connectivity index is 2.97. The van der Waals surface area contributed by atoms with E-state index in [1.54, 1.807) is 0 Å². The van der Waals surface area contributed by atoms with E-state index in [4.69, 9.17) is 5.73 Å². The number of aromatic amines is 1. The summed E-state index contributed by atoms with van der Waals surface area (Å²) in [5, 5.41) is 6.06. The number of halogens is 2. The summed E-state index contributed by atoms with van der Waals surface area (Å²) in [7, 11) is 0. The third kappa shape index (κ3) is 1.39. The largest absolute Gasteiger partial charge is 0.382 e. The van der Waals surface area contributed by atoms with Crippen LogP contribution < -0.4 is 5.73 Å². The number of hydrogen-bond acceptors (Lipinski definition) is 2. The van der Waals surface area contributed by atoms with Gasteiger partial charge in [0.05, 0.1) is 5.41 Å². The predicted octanol–water partition coefficient (Wildman–Crippen LogP) is 1.53. The summed E-state index contributed by atoms with van der Waals surface area (Å²) in [6, 6.07) is 1.42. The SMILES string of the molecule is CC(C)(c1cc(N)n[nH]1)C(F)F. The molecule has 1 aromatic heterocycles. The van der Waals surface area contributed by atoms with Gasteiger partial charge in [-0.25, -0.2) is 8.78 Å². The molecule has 68 valence electrons. The lowest BCUT2D eigenvalue weighted by atomic mass is 9.90. The molecule has 0 amide bonds. The smallest absolute Gasteiger partial charge is 0.249 e. The van der Waals surface area contributed by atoms with Crippen LogP contribution in [-0.2, 0) is 5.41 Å². The zero-order valence-electron chi connectivity index (χ0n) is 6.94. The number of rotatable bonds is 2. The van der Waals surface area contributed by atoms with Crippen LogP contribution >= 0.6 is 0 Å². The highest BCUT2D eigenvalue weighted by Crippen LogP contribution is 2.29. The number of hydrogen-bond donors (Lipinski definition) is 2. The molecular formula is C7H11F2N3. The van der Waals surface area contributed by atoms with Crippen molar-refractivity contribution in [3.05, 3.63) is 11.8 Å². The first-order valence-corrected chi connectivity index (χ1v) is 3.54. The Morgan fingerprint density at radius 3 is 2.50 bits per heavy atom. The standard InChI is InChI=1S/C7H11F2N3/c1-7(2,6(8)9)4-3-5(10)12-11-4/h3,6H,1-2H3,(H3,10,11,12). The minimum atomic E-state index is -2.43. The summed E-state index contributed by atoms with van der Waals surface area (Å²) in [5.74, 6) is 0.235. The number of nitrogens with one attached hydrogen (secondary N) is 1. The van der Waals surface area contributed by atoms with Gasteiger partial charge in [0.2, 0.25) is 6.43 Å². The molecule has 1 heterocycles. The highest BCUT2D eigenvalue weighted by molar-refractivity contribution is 5.32. The summed E-state index contributed by atoms with van der Waals surface area (Å²) < 4.78 is 24.8. The van der Waals surface area contributed by atoms with Crippen molar-refractivity contribution < 1.29 is 8.78 Å². The summed E-state index contributed by atoms with van der Waals surface area (Å²) in [6.45, 7) is 2.87. The molecule has 0 bridgehead atoms. The first-order chi connectivity index (χ1) is 5.44. The molecule has 0 aliphatic carbocycles. The van der Waals surface area contributed by atoms with Gasteiger partial charge < -0.3 is 5.73 Å². The normalized spacial score (nSPS) is 12.4. The van der Waals surface area contributed by atoms with E-state index in [-0.39, 0.29) is 5.82 Å². The van der Waals surface area contributed by atoms with Crippen LogP contribution in [0.5, 0.6) is 0 Å². The van der Waals surface area contributed by atoms with Gasteiger partial charge in [-0.05, 0) is 13.8 Å². The van der Waals surface area contributed by atoms with Crippen molar-refractivity contribution in [2.45, 2.75) is 25.7 Å². The lowest BCUT2D eigenvalue weighted by molar-refractivity contribution is 0.0671. The van der Waals surface area contributed by atoms with Crippen LogP contribution in [0.3, 0.4) is 0 Å². The molecular weight excluding hydrogens is 164 g/mol. The fourth-order valence-corrected chi connectivity index (χ4v) is 0.785. The lowest BCUT2D eigenvalue weighted by Crippen LogP contribution is -2.27. The third-order valence-electron chi connectivity index (χ3n) is 1.84. The first kappa shape index (κ1) is 8.96. The average molecular weight is 175 g/mol. The fourth-order valence-electron chi connectivity index (χ4n) is 0.785. The molecule has 0 aliphatic rings. The maximum atomic E-state index is 12.4. The Hall–Kier alpha value is -1.13. The molecule has 0 saturated carbocycles. The Kier molecular flexibility index (Phi) is 2.04. The van der Waals surface area contributed by atoms with E-state index >= 15 is 0 Å². The molecule has 0 radical (unpaired) electrons. The first-order valence-electron chi connectivity index (χ1n) is 3.54. The van der Waals surface area contributed by atoms with E-state index < -0.39 is 11.8 Å². The number of H-pyrrole nitrogens is 1. The van der Waals surface area contributed by atoms with E-state index in [0.29, 0.717) is 5.69 Å². The fraction of sp³-hybridized carbons (Fsp3) is 0.571. The van der Waals surface area contributed by atoms with Crippen molar-refractivity contribution in [2.24, 2.45) is 0 Å². The Morgan fingerprint density at radius 1 is 1.58 bits per heavy atom. The van der Waals surface area contributed by atoms with E-state index in [9.17, 15) is 8.78 Å². The molecule has 0 unspecified atom stereocenters. The second-order valence-corrected chi connectivity index (χ2v) is 3.23. The molecule has 0 spiro atoms.